The Labute approximate surface area is 798 Å². The number of ether oxygens (including phenoxy) is 1. The van der Waals surface area contributed by atoms with Gasteiger partial charge in [0.1, 0.15) is 41.1 Å². The van der Waals surface area contributed by atoms with Crippen LogP contribution < -0.4 is 31.8 Å². The van der Waals surface area contributed by atoms with E-state index in [4.69, 9.17) is 19.7 Å². The van der Waals surface area contributed by atoms with Gasteiger partial charge in [0.2, 0.25) is 17.7 Å². The Morgan fingerprint density at radius 1 is 0.412 bits per heavy atom. The Kier molecular flexibility index (Phi) is 25.9. The van der Waals surface area contributed by atoms with Crippen molar-refractivity contribution in [1.29, 1.82) is 0 Å². The molecule has 6 fully saturated rings. The van der Waals surface area contributed by atoms with E-state index in [2.05, 4.69) is 108 Å². The maximum absolute atomic E-state index is 14.9. The van der Waals surface area contributed by atoms with E-state index in [1.807, 2.05) is 110 Å². The molecule has 9 aliphatic heterocycles. The second-order valence-corrected chi connectivity index (χ2v) is 41.3. The first kappa shape index (κ1) is 93.8. The van der Waals surface area contributed by atoms with Crippen molar-refractivity contribution in [2.45, 2.75) is 144 Å². The first-order valence-electron chi connectivity index (χ1n) is 47.0. The number of morpholine rings is 1. The number of aryl methyl sites for hydroxylation is 6. The number of alkyl halides is 1. The molecular formula is C100H116F4N22O7S3. The van der Waals surface area contributed by atoms with Gasteiger partial charge in [-0.2, -0.15) is 30.2 Å². The van der Waals surface area contributed by atoms with Crippen LogP contribution in [-0.4, -0.2) is 301 Å². The van der Waals surface area contributed by atoms with E-state index < -0.39 is 6.17 Å². The van der Waals surface area contributed by atoms with Gasteiger partial charge in [0, 0.05) is 250 Å². The van der Waals surface area contributed by atoms with Crippen molar-refractivity contribution in [3.63, 3.8) is 0 Å². The second-order valence-electron chi connectivity index (χ2n) is 38.2. The number of nitrogens with zero attached hydrogens (tertiary/aromatic N) is 22. The summed E-state index contributed by atoms with van der Waals surface area (Å²) >= 11 is 5.22. The summed E-state index contributed by atoms with van der Waals surface area (Å²) in [7, 11) is 7.62. The molecule has 6 aromatic carbocycles. The van der Waals surface area contributed by atoms with Crippen molar-refractivity contribution in [2.75, 3.05) is 163 Å². The number of anilines is 3. The third-order valence-corrected chi connectivity index (χ3v) is 32.7. The highest BCUT2D eigenvalue weighted by Gasteiger charge is 2.43. The number of halogens is 4. The number of hydrogen-bond acceptors (Lipinski definition) is 23. The molecular weight excluding hydrogens is 1790 g/mol. The van der Waals surface area contributed by atoms with Gasteiger partial charge in [-0.05, 0) is 165 Å². The van der Waals surface area contributed by atoms with Crippen molar-refractivity contribution in [3.05, 3.63) is 177 Å². The predicted octanol–water partition coefficient (Wildman–Crippen LogP) is 12.6. The maximum Gasteiger partial charge on any atom is 0.350 e. The lowest BCUT2D eigenvalue weighted by Gasteiger charge is -2.45. The Balaban J connectivity index is 0.000000131. The van der Waals surface area contributed by atoms with Crippen LogP contribution in [0.3, 0.4) is 0 Å². The number of thioether (sulfide) groups is 3. The summed E-state index contributed by atoms with van der Waals surface area (Å²) in [5.74, 6) is 2.72. The summed E-state index contributed by atoms with van der Waals surface area (Å²) in [4.78, 5) is 119. The molecule has 10 atom stereocenters. The van der Waals surface area contributed by atoms with Crippen molar-refractivity contribution < 1.29 is 36.7 Å². The minimum Gasteiger partial charge on any atom is -0.379 e. The van der Waals surface area contributed by atoms with Gasteiger partial charge in [0.05, 0.1) is 99.2 Å². The molecule has 0 spiro atoms. The Bertz CT molecular complexity index is 6770. The van der Waals surface area contributed by atoms with Crippen LogP contribution in [0.25, 0.3) is 98.8 Å². The molecule has 714 valence electrons. The molecule has 6 saturated heterocycles. The van der Waals surface area contributed by atoms with Crippen molar-refractivity contribution in [1.82, 2.24) is 92.3 Å². The van der Waals surface area contributed by atoms with Crippen LogP contribution in [-0.2, 0) is 40.3 Å². The van der Waals surface area contributed by atoms with Crippen LogP contribution >= 0.6 is 35.3 Å². The number of likely N-dealkylation sites (N-methyl/N-ethyl adjacent to an activating group) is 1. The van der Waals surface area contributed by atoms with Gasteiger partial charge in [-0.3, -0.25) is 56.8 Å². The molecule has 6 aromatic heterocycles. The largest absolute Gasteiger partial charge is 0.379 e. The predicted molar refractivity (Wildman–Crippen MR) is 532 cm³/mol. The number of carbonyl (C=O) groups excluding carboxylic acids is 3. The first-order chi connectivity index (χ1) is 65.3. The minimum absolute atomic E-state index is 0.0436. The number of rotatable bonds is 15. The van der Waals surface area contributed by atoms with Crippen LogP contribution in [0.2, 0.25) is 0 Å². The maximum atomic E-state index is 14.9. The van der Waals surface area contributed by atoms with Gasteiger partial charge >= 0.3 is 17.1 Å². The van der Waals surface area contributed by atoms with Crippen molar-refractivity contribution >= 4 is 136 Å². The fourth-order valence-corrected chi connectivity index (χ4v) is 27.1. The van der Waals surface area contributed by atoms with E-state index in [1.54, 1.807) is 74.0 Å². The average molecular weight is 1910 g/mol. The van der Waals surface area contributed by atoms with Crippen LogP contribution in [0.1, 0.15) is 82.8 Å². The number of fused-ring (bicyclic) bond motifs is 3. The third-order valence-electron chi connectivity index (χ3n) is 29.0. The van der Waals surface area contributed by atoms with Gasteiger partial charge < -0.3 is 39.0 Å². The molecule has 136 heavy (non-hydrogen) atoms. The highest BCUT2D eigenvalue weighted by molar-refractivity contribution is 8.00. The first-order valence-corrected chi connectivity index (χ1v) is 49.9. The lowest BCUT2D eigenvalue weighted by atomic mass is 9.95. The van der Waals surface area contributed by atoms with Crippen LogP contribution in [0.5, 0.6) is 0 Å². The highest BCUT2D eigenvalue weighted by Crippen LogP contribution is 2.53. The van der Waals surface area contributed by atoms with E-state index in [9.17, 15) is 46.3 Å². The number of likely N-dealkylation sites (tertiary alicyclic amines) is 1. The minimum atomic E-state index is -0.851. The monoisotopic (exact) mass is 1910 g/mol. The van der Waals surface area contributed by atoms with E-state index in [0.29, 0.717) is 129 Å². The van der Waals surface area contributed by atoms with Crippen LogP contribution in [0.15, 0.2) is 140 Å². The van der Waals surface area contributed by atoms with E-state index in [-0.39, 0.29) is 107 Å². The fraction of sp³-hybridized carbons (Fsp3) is 0.460. The number of hydrogen-bond donors (Lipinski definition) is 0. The zero-order valence-electron chi connectivity index (χ0n) is 79.3. The molecule has 0 radical (unpaired) electrons. The Morgan fingerprint density at radius 3 is 1.01 bits per heavy atom. The number of benzene rings is 6. The van der Waals surface area contributed by atoms with Crippen LogP contribution in [0, 0.1) is 38.2 Å². The van der Waals surface area contributed by atoms with Gasteiger partial charge in [-0.15, -0.1) is 35.3 Å². The molecule has 21 rings (SSSR count). The Morgan fingerprint density at radius 2 is 0.713 bits per heavy atom. The number of aromatic nitrogens is 12. The summed E-state index contributed by atoms with van der Waals surface area (Å²) in [6, 6.07) is 15.4. The highest BCUT2D eigenvalue weighted by atomic mass is 32.2. The van der Waals surface area contributed by atoms with Gasteiger partial charge in [-0.25, -0.2) is 31.9 Å². The molecule has 3 amide bonds. The molecule has 0 N–H and O–H groups in total. The summed E-state index contributed by atoms with van der Waals surface area (Å²) in [5.41, 5.74) is 12.4. The fourth-order valence-electron chi connectivity index (χ4n) is 22.9. The molecule has 36 heteroatoms. The molecule has 12 aromatic rings. The standard InChI is InChI=1S/C34H41FN8O2S.C33H37F2N7O2S.C33H38FN7O3S/c1-7-28(44)42-21(3)16-41(17-22(42)4)33-25-14-20(2)29(24-8-9-27(35)26-15-36-39(6)30(24)26)32-31(25)43(34(45)37-33)23(19-46-32)18-40-12-10-38(5)11-13-40;1-6-27(43)41-19(3)13-40(14-20(41)4)32-24-11-18(2)28(23-7-8-26(35)25-12-36-38(5)29(23)25)31-30(24)42(33(44)37-32)22(17-45-31)16-39-10-9-21(34)15-39;1-6-27(42)40-20(3)15-39(16-21(40)4)32-24-13-19(2)28(23-7-8-26(34)25-14-35-37(5)29(23)25)31-30(24)41(33(43)36-32)22(18-45-31)17-38-9-11-44-12-10-38/h7-9,14-15,21-23H,1,10-13,16-19H2,2-6H3;6-8,11-12,19-22H,1,9-10,13-17H2,2-5H3;6-8,13-14,20-22H,1,9-12,15-18H2,2-5H3/t21-,22+,23?;19-,20+,21?,22?;20-,21+,22?. The summed E-state index contributed by atoms with van der Waals surface area (Å²) in [6.07, 6.45) is 8.42. The zero-order valence-corrected chi connectivity index (χ0v) is 81.7. The summed E-state index contributed by atoms with van der Waals surface area (Å²) in [5, 5.41) is 17.2. The normalized spacial score (nSPS) is 22.9. The summed E-state index contributed by atoms with van der Waals surface area (Å²) in [6.45, 7) is 42.6. The SMILES string of the molecule is C=CC(=O)N1[C@H](C)CN(c2nc(=O)n3c4c(c(-c5ccc(F)c6cnn(C)c56)c(C)cc24)SCC3CN2CCC(F)C2)C[C@@H]1C.C=CC(=O)N1[C@H](C)CN(c2nc(=O)n3c4c(c(-c5ccc(F)c6cnn(C)c56)c(C)cc24)SCC3CN2CCN(C)CC2)C[C@@H]1C.C=CC(=O)N1[C@H](C)CN(c2nc(=O)n3c4c(c(-c5ccc(F)c6cnn(C)c56)c(C)cc24)SCC3CN2CCOCC2)C[C@@H]1C. The molecule has 4 unspecified atom stereocenters. The van der Waals surface area contributed by atoms with E-state index in [0.717, 1.165) is 167 Å². The molecule has 0 bridgehead atoms. The molecule has 9 aliphatic rings. The number of amides is 3. The van der Waals surface area contributed by atoms with Crippen molar-refractivity contribution in [3.8, 4) is 33.4 Å². The lowest BCUT2D eigenvalue weighted by Crippen LogP contribution is -2.58. The molecule has 0 aliphatic carbocycles. The Hall–Kier alpha value is -11.3. The number of carbonyl (C=O) groups is 3. The van der Waals surface area contributed by atoms with Gasteiger partial charge in [0.25, 0.3) is 0 Å². The van der Waals surface area contributed by atoms with Crippen LogP contribution in [0.4, 0.5) is 35.0 Å². The average Bonchev–Trinajstić information content (AvgIpc) is 0.892. The molecule has 15 heterocycles. The number of piperazine rings is 4. The topological polar surface area (TPSA) is 251 Å². The third kappa shape index (κ3) is 16.6. The van der Waals surface area contributed by atoms with E-state index in [1.165, 1.54) is 36.4 Å². The quantitative estimate of drug-likeness (QED) is 0.0683. The van der Waals surface area contributed by atoms with Gasteiger partial charge in [0.15, 0.2) is 0 Å². The molecule has 29 nitrogen and oxygen atoms in total. The zero-order chi connectivity index (χ0) is 95.7. The van der Waals surface area contributed by atoms with Crippen molar-refractivity contribution in [2.24, 2.45) is 21.1 Å². The lowest BCUT2D eigenvalue weighted by molar-refractivity contribution is -0.131. The second kappa shape index (κ2) is 37.6. The molecule has 0 saturated carbocycles. The summed E-state index contributed by atoms with van der Waals surface area (Å²) < 4.78 is 75.2. The van der Waals surface area contributed by atoms with E-state index >= 15 is 0 Å². The van der Waals surface area contributed by atoms with Gasteiger partial charge in [-0.1, -0.05) is 19.7 Å². The smallest absolute Gasteiger partial charge is 0.350 e.